The van der Waals surface area contributed by atoms with Crippen molar-refractivity contribution in [3.63, 3.8) is 0 Å². The van der Waals surface area contributed by atoms with Crippen LogP contribution in [0.3, 0.4) is 0 Å². The van der Waals surface area contributed by atoms with E-state index in [-0.39, 0.29) is 17.7 Å². The van der Waals surface area contributed by atoms with Crippen LogP contribution in [-0.2, 0) is 4.79 Å². The van der Waals surface area contributed by atoms with Crippen LogP contribution < -0.4 is 10.9 Å². The standard InChI is InChI=1S/C16H19N3O2S2/c1-10-13(23-16(17-10)12-7-8-22-9-12)15(21)19-18-14(20)11-5-3-2-4-6-11/h7-9,11H,2-6H2,1H3,(H,18,20)(H,19,21). The van der Waals surface area contributed by atoms with E-state index in [1.54, 1.807) is 11.3 Å². The minimum atomic E-state index is -0.300. The highest BCUT2D eigenvalue weighted by Crippen LogP contribution is 2.29. The van der Waals surface area contributed by atoms with Gasteiger partial charge in [-0.3, -0.25) is 20.4 Å². The normalized spacial score (nSPS) is 15.3. The largest absolute Gasteiger partial charge is 0.281 e. The van der Waals surface area contributed by atoms with Crippen molar-refractivity contribution in [2.24, 2.45) is 5.92 Å². The van der Waals surface area contributed by atoms with E-state index >= 15 is 0 Å². The van der Waals surface area contributed by atoms with Crippen LogP contribution in [0.15, 0.2) is 16.8 Å². The van der Waals surface area contributed by atoms with Crippen LogP contribution in [0.25, 0.3) is 10.6 Å². The minimum absolute atomic E-state index is 0.0213. The van der Waals surface area contributed by atoms with Crippen molar-refractivity contribution >= 4 is 34.5 Å². The summed E-state index contributed by atoms with van der Waals surface area (Å²) >= 11 is 2.94. The predicted octanol–water partition coefficient (Wildman–Crippen LogP) is 3.52. The van der Waals surface area contributed by atoms with Gasteiger partial charge in [-0.25, -0.2) is 4.98 Å². The molecule has 1 fully saturated rings. The van der Waals surface area contributed by atoms with Gasteiger partial charge in [0.2, 0.25) is 5.91 Å². The molecule has 3 rings (SSSR count). The Morgan fingerprint density at radius 1 is 1.22 bits per heavy atom. The first-order valence-electron chi connectivity index (χ1n) is 7.75. The van der Waals surface area contributed by atoms with E-state index in [9.17, 15) is 9.59 Å². The number of nitrogens with one attached hydrogen (secondary N) is 2. The van der Waals surface area contributed by atoms with E-state index in [4.69, 9.17) is 0 Å². The molecule has 0 unspecified atom stereocenters. The summed E-state index contributed by atoms with van der Waals surface area (Å²) in [7, 11) is 0. The Morgan fingerprint density at radius 2 is 2.00 bits per heavy atom. The van der Waals surface area contributed by atoms with Crippen molar-refractivity contribution in [1.82, 2.24) is 15.8 Å². The Kier molecular flexibility index (Phi) is 5.07. The summed E-state index contributed by atoms with van der Waals surface area (Å²) < 4.78 is 0. The number of aryl methyl sites for hydroxylation is 1. The summed E-state index contributed by atoms with van der Waals surface area (Å²) in [5, 5.41) is 4.81. The van der Waals surface area contributed by atoms with Crippen LogP contribution in [0.2, 0.25) is 0 Å². The molecule has 2 aromatic rings. The van der Waals surface area contributed by atoms with Crippen LogP contribution in [0.1, 0.15) is 47.5 Å². The molecule has 1 saturated carbocycles. The van der Waals surface area contributed by atoms with Crippen LogP contribution in [0, 0.1) is 12.8 Å². The van der Waals surface area contributed by atoms with Gasteiger partial charge in [-0.05, 0) is 31.2 Å². The maximum Gasteiger partial charge on any atom is 0.281 e. The predicted molar refractivity (Wildman–Crippen MR) is 92.3 cm³/mol. The monoisotopic (exact) mass is 349 g/mol. The van der Waals surface area contributed by atoms with Gasteiger partial charge in [0.15, 0.2) is 0 Å². The smallest absolute Gasteiger partial charge is 0.273 e. The molecule has 0 radical (unpaired) electrons. The summed E-state index contributed by atoms with van der Waals surface area (Å²) in [5.74, 6) is -0.364. The Labute approximate surface area is 143 Å². The van der Waals surface area contributed by atoms with Crippen LogP contribution in [-0.4, -0.2) is 16.8 Å². The number of rotatable bonds is 3. The van der Waals surface area contributed by atoms with Crippen LogP contribution in [0.4, 0.5) is 0 Å². The third-order valence-electron chi connectivity index (χ3n) is 4.05. The second-order valence-electron chi connectivity index (χ2n) is 5.72. The number of hydrogen-bond donors (Lipinski definition) is 2. The number of hydrazine groups is 1. The van der Waals surface area contributed by atoms with Gasteiger partial charge in [-0.15, -0.1) is 11.3 Å². The highest BCUT2D eigenvalue weighted by Gasteiger charge is 2.22. The zero-order valence-electron chi connectivity index (χ0n) is 12.9. The van der Waals surface area contributed by atoms with E-state index in [1.165, 1.54) is 17.8 Å². The topological polar surface area (TPSA) is 71.1 Å². The summed E-state index contributed by atoms with van der Waals surface area (Å²) in [6, 6.07) is 1.98. The lowest BCUT2D eigenvalue weighted by Gasteiger charge is -2.20. The summed E-state index contributed by atoms with van der Waals surface area (Å²) in [6.45, 7) is 1.81. The average molecular weight is 349 g/mol. The van der Waals surface area contributed by atoms with Crippen molar-refractivity contribution in [3.05, 3.63) is 27.4 Å². The Morgan fingerprint density at radius 3 is 2.70 bits per heavy atom. The first-order chi connectivity index (χ1) is 11.1. The number of hydrogen-bond acceptors (Lipinski definition) is 5. The summed E-state index contributed by atoms with van der Waals surface area (Å²) in [6.07, 6.45) is 5.18. The van der Waals surface area contributed by atoms with Crippen molar-refractivity contribution < 1.29 is 9.59 Å². The van der Waals surface area contributed by atoms with Gasteiger partial charge in [0, 0.05) is 16.9 Å². The van der Waals surface area contributed by atoms with Crippen LogP contribution in [0.5, 0.6) is 0 Å². The lowest BCUT2D eigenvalue weighted by molar-refractivity contribution is -0.126. The number of nitrogens with zero attached hydrogens (tertiary/aromatic N) is 1. The van der Waals surface area contributed by atoms with E-state index in [1.807, 2.05) is 23.8 Å². The van der Waals surface area contributed by atoms with Gasteiger partial charge in [-0.1, -0.05) is 19.3 Å². The molecule has 2 N–H and O–H groups in total. The average Bonchev–Trinajstić information content (AvgIpc) is 3.22. The van der Waals surface area contributed by atoms with Gasteiger partial charge >= 0.3 is 0 Å². The first-order valence-corrected chi connectivity index (χ1v) is 9.51. The van der Waals surface area contributed by atoms with E-state index in [0.717, 1.165) is 36.3 Å². The van der Waals surface area contributed by atoms with Gasteiger partial charge in [0.25, 0.3) is 5.91 Å². The van der Waals surface area contributed by atoms with Crippen molar-refractivity contribution in [2.45, 2.75) is 39.0 Å². The SMILES string of the molecule is Cc1nc(-c2ccsc2)sc1C(=O)NNC(=O)C1CCCCC1. The molecule has 2 aromatic heterocycles. The van der Waals surface area contributed by atoms with E-state index < -0.39 is 0 Å². The number of aromatic nitrogens is 1. The molecule has 23 heavy (non-hydrogen) atoms. The molecular formula is C16H19N3O2S2. The Bertz CT molecular complexity index is 688. The van der Waals surface area contributed by atoms with Crippen molar-refractivity contribution in [2.75, 3.05) is 0 Å². The van der Waals surface area contributed by atoms with Gasteiger partial charge in [-0.2, -0.15) is 11.3 Å². The second kappa shape index (κ2) is 7.23. The van der Waals surface area contributed by atoms with E-state index in [2.05, 4.69) is 15.8 Å². The van der Waals surface area contributed by atoms with E-state index in [0.29, 0.717) is 10.6 Å². The highest BCUT2D eigenvalue weighted by atomic mass is 32.1. The molecule has 2 amide bonds. The molecule has 7 heteroatoms. The van der Waals surface area contributed by atoms with Gasteiger partial charge in [0.05, 0.1) is 5.69 Å². The molecule has 5 nitrogen and oxygen atoms in total. The number of thiazole rings is 1. The highest BCUT2D eigenvalue weighted by molar-refractivity contribution is 7.17. The molecule has 0 aromatic carbocycles. The Hall–Kier alpha value is -1.73. The zero-order valence-corrected chi connectivity index (χ0v) is 14.6. The molecule has 0 saturated heterocycles. The number of thiophene rings is 1. The van der Waals surface area contributed by atoms with Gasteiger partial charge in [0.1, 0.15) is 9.88 Å². The first kappa shape index (κ1) is 16.1. The molecule has 0 aliphatic heterocycles. The fourth-order valence-corrected chi connectivity index (χ4v) is 4.43. The molecule has 0 atom stereocenters. The second-order valence-corrected chi connectivity index (χ2v) is 7.50. The third-order valence-corrected chi connectivity index (χ3v) is 5.93. The third kappa shape index (κ3) is 3.79. The van der Waals surface area contributed by atoms with Gasteiger partial charge < -0.3 is 0 Å². The minimum Gasteiger partial charge on any atom is -0.273 e. The number of carbonyl (C=O) groups excluding carboxylic acids is 2. The molecule has 1 aliphatic rings. The van der Waals surface area contributed by atoms with Crippen LogP contribution >= 0.6 is 22.7 Å². The molecule has 0 bridgehead atoms. The molecular weight excluding hydrogens is 330 g/mol. The lowest BCUT2D eigenvalue weighted by atomic mass is 9.89. The molecule has 0 spiro atoms. The zero-order chi connectivity index (χ0) is 16.2. The fraction of sp³-hybridized carbons (Fsp3) is 0.438. The molecule has 122 valence electrons. The number of carbonyl (C=O) groups is 2. The summed E-state index contributed by atoms with van der Waals surface area (Å²) in [5.41, 5.74) is 6.80. The maximum absolute atomic E-state index is 12.3. The summed E-state index contributed by atoms with van der Waals surface area (Å²) in [4.78, 5) is 29.3. The number of amides is 2. The van der Waals surface area contributed by atoms with Crippen molar-refractivity contribution in [3.8, 4) is 10.6 Å². The molecule has 1 aliphatic carbocycles. The quantitative estimate of drug-likeness (QED) is 0.833. The maximum atomic E-state index is 12.3. The lowest BCUT2D eigenvalue weighted by Crippen LogP contribution is -2.44. The van der Waals surface area contributed by atoms with Crippen molar-refractivity contribution in [1.29, 1.82) is 0 Å². The Balaban J connectivity index is 1.61. The molecule has 2 heterocycles. The fourth-order valence-electron chi connectivity index (χ4n) is 2.76.